The zero-order chi connectivity index (χ0) is 16.9. The second kappa shape index (κ2) is 6.76. The van der Waals surface area contributed by atoms with E-state index in [1.54, 1.807) is 24.4 Å². The monoisotopic (exact) mass is 314 g/mol. The van der Waals surface area contributed by atoms with Gasteiger partial charge in [0.05, 0.1) is 30.0 Å². The third-order valence-corrected chi connectivity index (χ3v) is 3.70. The van der Waals surface area contributed by atoms with Gasteiger partial charge in [-0.15, -0.1) is 0 Å². The number of hydrogen-bond acceptors (Lipinski definition) is 4. The summed E-state index contributed by atoms with van der Waals surface area (Å²) >= 11 is 0. The molecular weight excluding hydrogens is 300 g/mol. The van der Waals surface area contributed by atoms with Crippen LogP contribution in [0.5, 0.6) is 0 Å². The molecule has 0 amide bonds. The van der Waals surface area contributed by atoms with E-state index in [9.17, 15) is 10.1 Å². The van der Waals surface area contributed by atoms with Gasteiger partial charge in [-0.25, -0.2) is 4.79 Å². The molecule has 3 rings (SSSR count). The molecule has 0 atom stereocenters. The fourth-order valence-corrected chi connectivity index (χ4v) is 2.50. The maximum atomic E-state index is 11.7. The van der Waals surface area contributed by atoms with Crippen molar-refractivity contribution in [2.24, 2.45) is 0 Å². The molecule has 0 spiro atoms. The van der Waals surface area contributed by atoms with Gasteiger partial charge < -0.3 is 4.74 Å². The van der Waals surface area contributed by atoms with Crippen molar-refractivity contribution in [3.63, 3.8) is 0 Å². The Morgan fingerprint density at radius 3 is 2.54 bits per heavy atom. The van der Waals surface area contributed by atoms with Crippen molar-refractivity contribution in [1.29, 1.82) is 5.26 Å². The van der Waals surface area contributed by atoms with E-state index in [2.05, 4.69) is 11.1 Å². The molecule has 3 aromatic rings. The summed E-state index contributed by atoms with van der Waals surface area (Å²) in [5, 5.41) is 9.49. The Bertz CT molecular complexity index is 928. The molecule has 0 bridgehead atoms. The predicted molar refractivity (Wildman–Crippen MR) is 91.2 cm³/mol. The first-order valence-corrected chi connectivity index (χ1v) is 7.37. The second-order valence-electron chi connectivity index (χ2n) is 5.16. The van der Waals surface area contributed by atoms with Crippen LogP contribution in [0.25, 0.3) is 22.4 Å². The van der Waals surface area contributed by atoms with Gasteiger partial charge in [-0.2, -0.15) is 5.26 Å². The molecule has 0 unspecified atom stereocenters. The number of carbonyl (C=O) groups excluding carboxylic acids is 1. The highest BCUT2D eigenvalue weighted by Crippen LogP contribution is 2.28. The first-order valence-electron chi connectivity index (χ1n) is 7.37. The Labute approximate surface area is 140 Å². The van der Waals surface area contributed by atoms with Gasteiger partial charge in [0, 0.05) is 11.8 Å². The van der Waals surface area contributed by atoms with Crippen molar-refractivity contribution in [1.82, 2.24) is 4.98 Å². The van der Waals surface area contributed by atoms with Crippen molar-refractivity contribution in [3.05, 3.63) is 78.0 Å². The lowest BCUT2D eigenvalue weighted by Crippen LogP contribution is -2.01. The number of benzene rings is 2. The summed E-state index contributed by atoms with van der Waals surface area (Å²) in [6, 6.07) is 20.8. The maximum Gasteiger partial charge on any atom is 0.337 e. The number of methoxy groups -OCH3 is 1. The lowest BCUT2D eigenvalue weighted by atomic mass is 9.97. The van der Waals surface area contributed by atoms with E-state index in [0.717, 1.165) is 16.7 Å². The number of aromatic nitrogens is 1. The largest absolute Gasteiger partial charge is 0.465 e. The van der Waals surface area contributed by atoms with Crippen LogP contribution < -0.4 is 0 Å². The zero-order valence-electron chi connectivity index (χ0n) is 13.1. The molecule has 0 radical (unpaired) electrons. The summed E-state index contributed by atoms with van der Waals surface area (Å²) in [5.74, 6) is -0.417. The molecule has 0 fully saturated rings. The van der Waals surface area contributed by atoms with Crippen LogP contribution in [0.1, 0.15) is 15.9 Å². The zero-order valence-corrected chi connectivity index (χ0v) is 13.1. The SMILES string of the molecule is COC(=O)c1ccnc(-c2ccc(-c3ccccc3)c(C#N)c2)c1. The highest BCUT2D eigenvalue weighted by molar-refractivity contribution is 5.90. The van der Waals surface area contributed by atoms with Crippen LogP contribution in [-0.2, 0) is 4.74 Å². The molecule has 4 heteroatoms. The van der Waals surface area contributed by atoms with Crippen molar-refractivity contribution in [3.8, 4) is 28.5 Å². The van der Waals surface area contributed by atoms with Crippen LogP contribution in [0.15, 0.2) is 66.9 Å². The van der Waals surface area contributed by atoms with Crippen LogP contribution in [0.2, 0.25) is 0 Å². The van der Waals surface area contributed by atoms with Gasteiger partial charge in [0.2, 0.25) is 0 Å². The standard InChI is InChI=1S/C20H14N2O2/c1-24-20(23)16-9-10-22-19(12-16)15-7-8-18(17(11-15)13-21)14-5-3-2-4-6-14/h2-12H,1H3. The molecule has 1 heterocycles. The van der Waals surface area contributed by atoms with E-state index in [4.69, 9.17) is 4.74 Å². The topological polar surface area (TPSA) is 63.0 Å². The molecule has 2 aromatic carbocycles. The van der Waals surface area contributed by atoms with Crippen molar-refractivity contribution in [2.75, 3.05) is 7.11 Å². The quantitative estimate of drug-likeness (QED) is 0.684. The van der Waals surface area contributed by atoms with E-state index in [0.29, 0.717) is 16.8 Å². The summed E-state index contributed by atoms with van der Waals surface area (Å²) < 4.78 is 4.73. The molecule has 0 aliphatic carbocycles. The highest BCUT2D eigenvalue weighted by Gasteiger charge is 2.11. The first kappa shape index (κ1) is 15.4. The number of hydrogen-bond donors (Lipinski definition) is 0. The first-order chi connectivity index (χ1) is 11.7. The van der Waals surface area contributed by atoms with Crippen molar-refractivity contribution < 1.29 is 9.53 Å². The minimum Gasteiger partial charge on any atom is -0.465 e. The summed E-state index contributed by atoms with van der Waals surface area (Å²) in [4.78, 5) is 15.9. The van der Waals surface area contributed by atoms with E-state index in [1.165, 1.54) is 7.11 Å². The van der Waals surface area contributed by atoms with E-state index in [-0.39, 0.29) is 0 Å². The number of carbonyl (C=O) groups is 1. The average molecular weight is 314 g/mol. The molecular formula is C20H14N2O2. The predicted octanol–water partition coefficient (Wildman–Crippen LogP) is 4.07. The molecule has 0 saturated heterocycles. The van der Waals surface area contributed by atoms with Crippen LogP contribution in [0, 0.1) is 11.3 Å². The van der Waals surface area contributed by atoms with Crippen LogP contribution >= 0.6 is 0 Å². The van der Waals surface area contributed by atoms with Gasteiger partial charge in [-0.05, 0) is 29.3 Å². The summed E-state index contributed by atoms with van der Waals surface area (Å²) in [6.07, 6.45) is 1.55. The van der Waals surface area contributed by atoms with Crippen LogP contribution in [0.4, 0.5) is 0 Å². The van der Waals surface area contributed by atoms with Gasteiger partial charge >= 0.3 is 5.97 Å². The van der Waals surface area contributed by atoms with E-state index < -0.39 is 5.97 Å². The highest BCUT2D eigenvalue weighted by atomic mass is 16.5. The summed E-state index contributed by atoms with van der Waals surface area (Å²) in [6.45, 7) is 0. The lowest BCUT2D eigenvalue weighted by molar-refractivity contribution is 0.0600. The van der Waals surface area contributed by atoms with Gasteiger partial charge in [-0.3, -0.25) is 4.98 Å². The Kier molecular flexibility index (Phi) is 4.35. The van der Waals surface area contributed by atoms with Gasteiger partial charge in [0.15, 0.2) is 0 Å². The van der Waals surface area contributed by atoms with Gasteiger partial charge in [0.1, 0.15) is 0 Å². The van der Waals surface area contributed by atoms with Crippen molar-refractivity contribution >= 4 is 5.97 Å². The van der Waals surface area contributed by atoms with Gasteiger partial charge in [0.25, 0.3) is 0 Å². The Balaban J connectivity index is 2.05. The third-order valence-electron chi connectivity index (χ3n) is 3.70. The maximum absolute atomic E-state index is 11.7. The lowest BCUT2D eigenvalue weighted by Gasteiger charge is -2.08. The number of rotatable bonds is 3. The smallest absolute Gasteiger partial charge is 0.337 e. The molecule has 0 aliphatic rings. The fourth-order valence-electron chi connectivity index (χ4n) is 2.50. The fraction of sp³-hybridized carbons (Fsp3) is 0.0500. The van der Waals surface area contributed by atoms with E-state index >= 15 is 0 Å². The number of nitrogens with zero attached hydrogens (tertiary/aromatic N) is 2. The summed E-state index contributed by atoms with van der Waals surface area (Å²) in [7, 11) is 1.34. The Hall–Kier alpha value is -3.45. The van der Waals surface area contributed by atoms with Crippen LogP contribution in [-0.4, -0.2) is 18.1 Å². The molecule has 116 valence electrons. The number of esters is 1. The van der Waals surface area contributed by atoms with Crippen molar-refractivity contribution in [2.45, 2.75) is 0 Å². The minimum atomic E-state index is -0.417. The molecule has 24 heavy (non-hydrogen) atoms. The van der Waals surface area contributed by atoms with Gasteiger partial charge in [-0.1, -0.05) is 42.5 Å². The third kappa shape index (κ3) is 3.01. The second-order valence-corrected chi connectivity index (χ2v) is 5.16. The Morgan fingerprint density at radius 2 is 1.83 bits per heavy atom. The molecule has 0 saturated carbocycles. The number of nitriles is 1. The molecule has 0 aliphatic heterocycles. The average Bonchev–Trinajstić information content (AvgIpc) is 2.67. The number of pyridine rings is 1. The number of ether oxygens (including phenoxy) is 1. The molecule has 0 N–H and O–H groups in total. The summed E-state index contributed by atoms with van der Waals surface area (Å²) in [5.41, 5.74) is 4.23. The minimum absolute atomic E-state index is 0.417. The van der Waals surface area contributed by atoms with E-state index in [1.807, 2.05) is 42.5 Å². The Morgan fingerprint density at radius 1 is 1.04 bits per heavy atom. The molecule has 1 aromatic heterocycles. The van der Waals surface area contributed by atoms with Crippen LogP contribution in [0.3, 0.4) is 0 Å². The normalized spacial score (nSPS) is 10.0. The molecule has 4 nitrogen and oxygen atoms in total.